The lowest BCUT2D eigenvalue weighted by atomic mass is 9.89. The van der Waals surface area contributed by atoms with E-state index in [1.165, 1.54) is 11.1 Å². The molecule has 1 atom stereocenters. The number of carbonyl (C=O) groups is 1. The maximum absolute atomic E-state index is 11.0. The predicted molar refractivity (Wildman–Crippen MR) is 68.3 cm³/mol. The molecule has 0 saturated carbocycles. The van der Waals surface area contributed by atoms with Crippen LogP contribution in [0.25, 0.3) is 0 Å². The molecule has 0 aliphatic heterocycles. The summed E-state index contributed by atoms with van der Waals surface area (Å²) in [6.45, 7) is 4.19. The molecule has 1 unspecified atom stereocenters. The molecule has 0 bridgehead atoms. The highest BCUT2D eigenvalue weighted by Crippen LogP contribution is 2.27. The van der Waals surface area contributed by atoms with Gasteiger partial charge in [-0.2, -0.15) is 0 Å². The number of aldehydes is 1. The van der Waals surface area contributed by atoms with Crippen LogP contribution >= 0.6 is 0 Å². The van der Waals surface area contributed by atoms with E-state index in [0.29, 0.717) is 5.69 Å². The van der Waals surface area contributed by atoms with Crippen molar-refractivity contribution in [2.24, 2.45) is 0 Å². The first-order valence-corrected chi connectivity index (χ1v) is 5.69. The zero-order valence-electron chi connectivity index (χ0n) is 10.1. The van der Waals surface area contributed by atoms with Crippen molar-refractivity contribution in [3.05, 3.63) is 65.0 Å². The van der Waals surface area contributed by atoms with Crippen molar-refractivity contribution in [2.75, 3.05) is 0 Å². The average Bonchev–Trinajstić information content (AvgIpc) is 2.38. The molecule has 2 heteroatoms. The van der Waals surface area contributed by atoms with Gasteiger partial charge in [0.15, 0.2) is 6.29 Å². The lowest BCUT2D eigenvalue weighted by Gasteiger charge is -2.16. The van der Waals surface area contributed by atoms with Gasteiger partial charge in [-0.3, -0.25) is 9.78 Å². The second-order valence-electron chi connectivity index (χ2n) is 4.17. The van der Waals surface area contributed by atoms with Crippen molar-refractivity contribution in [3.8, 4) is 0 Å². The third kappa shape index (κ3) is 2.26. The van der Waals surface area contributed by atoms with Gasteiger partial charge >= 0.3 is 0 Å². The van der Waals surface area contributed by atoms with Gasteiger partial charge in [0.05, 0.1) is 0 Å². The highest BCUT2D eigenvalue weighted by molar-refractivity contribution is 5.74. The summed E-state index contributed by atoms with van der Waals surface area (Å²) in [6.07, 6.45) is 2.47. The Kier molecular flexibility index (Phi) is 3.33. The van der Waals surface area contributed by atoms with Crippen LogP contribution in [-0.2, 0) is 0 Å². The third-order valence-electron chi connectivity index (χ3n) is 3.10. The number of hydrogen-bond acceptors (Lipinski definition) is 2. The van der Waals surface area contributed by atoms with Crippen LogP contribution in [0.2, 0.25) is 0 Å². The van der Waals surface area contributed by atoms with E-state index in [4.69, 9.17) is 0 Å². The van der Waals surface area contributed by atoms with Crippen molar-refractivity contribution in [1.82, 2.24) is 4.98 Å². The minimum Gasteiger partial charge on any atom is -0.296 e. The molecule has 86 valence electrons. The Balaban J connectivity index is 2.47. The number of carbonyl (C=O) groups excluding carboxylic acids is 1. The van der Waals surface area contributed by atoms with Crippen LogP contribution in [0.4, 0.5) is 0 Å². The second-order valence-corrected chi connectivity index (χ2v) is 4.17. The summed E-state index contributed by atoms with van der Waals surface area (Å²) in [5, 5.41) is 0. The Morgan fingerprint density at radius 1 is 1.12 bits per heavy atom. The molecule has 17 heavy (non-hydrogen) atoms. The molecule has 0 saturated heterocycles. The van der Waals surface area contributed by atoms with Gasteiger partial charge in [-0.25, -0.2) is 0 Å². The standard InChI is InChI=1S/C15H15NO/c1-11-6-3-4-7-13(11)12(2)14-8-5-9-16-15(14)10-17/h3-10,12H,1-2H3. The molecule has 1 aromatic carbocycles. The number of hydrogen-bond donors (Lipinski definition) is 0. The minimum absolute atomic E-state index is 0.185. The molecule has 0 fully saturated rings. The molecule has 2 rings (SSSR count). The maximum atomic E-state index is 11.0. The van der Waals surface area contributed by atoms with Gasteiger partial charge in [-0.05, 0) is 29.7 Å². The van der Waals surface area contributed by atoms with E-state index in [-0.39, 0.29) is 5.92 Å². The first-order chi connectivity index (χ1) is 8.24. The summed E-state index contributed by atoms with van der Waals surface area (Å²) in [6, 6.07) is 12.1. The van der Waals surface area contributed by atoms with Crippen molar-refractivity contribution in [2.45, 2.75) is 19.8 Å². The van der Waals surface area contributed by atoms with Gasteiger partial charge in [0.1, 0.15) is 5.69 Å². The zero-order chi connectivity index (χ0) is 12.3. The normalized spacial score (nSPS) is 12.1. The Hall–Kier alpha value is -1.96. The summed E-state index contributed by atoms with van der Waals surface area (Å²) in [7, 11) is 0. The van der Waals surface area contributed by atoms with Crippen molar-refractivity contribution >= 4 is 6.29 Å². The molecule has 0 amide bonds. The van der Waals surface area contributed by atoms with Crippen LogP contribution in [0.5, 0.6) is 0 Å². The number of aryl methyl sites for hydroxylation is 1. The summed E-state index contributed by atoms with van der Waals surface area (Å²) in [4.78, 5) is 15.1. The lowest BCUT2D eigenvalue weighted by Crippen LogP contribution is -2.03. The molecule has 2 nitrogen and oxygen atoms in total. The number of nitrogens with zero attached hydrogens (tertiary/aromatic N) is 1. The number of pyridine rings is 1. The Bertz CT molecular complexity index is 534. The van der Waals surface area contributed by atoms with E-state index >= 15 is 0 Å². The number of aromatic nitrogens is 1. The van der Waals surface area contributed by atoms with Crippen LogP contribution in [0, 0.1) is 6.92 Å². The highest BCUT2D eigenvalue weighted by Gasteiger charge is 2.14. The number of rotatable bonds is 3. The van der Waals surface area contributed by atoms with Crippen LogP contribution in [0.15, 0.2) is 42.6 Å². The Morgan fingerprint density at radius 3 is 2.53 bits per heavy atom. The molecule has 0 aliphatic carbocycles. The molecule has 1 heterocycles. The summed E-state index contributed by atoms with van der Waals surface area (Å²) in [5.41, 5.74) is 3.99. The maximum Gasteiger partial charge on any atom is 0.168 e. The van der Waals surface area contributed by atoms with Crippen LogP contribution in [-0.4, -0.2) is 11.3 Å². The minimum atomic E-state index is 0.185. The molecular weight excluding hydrogens is 210 g/mol. The SMILES string of the molecule is Cc1ccccc1C(C)c1cccnc1C=O. The fourth-order valence-corrected chi connectivity index (χ4v) is 2.13. The third-order valence-corrected chi connectivity index (χ3v) is 3.10. The van der Waals surface area contributed by atoms with Crippen LogP contribution in [0.1, 0.15) is 40.0 Å². The van der Waals surface area contributed by atoms with E-state index in [0.717, 1.165) is 11.8 Å². The first kappa shape index (κ1) is 11.5. The molecule has 0 radical (unpaired) electrons. The molecule has 0 aliphatic rings. The quantitative estimate of drug-likeness (QED) is 0.750. The monoisotopic (exact) mass is 225 g/mol. The Morgan fingerprint density at radius 2 is 1.82 bits per heavy atom. The van der Waals surface area contributed by atoms with E-state index in [1.54, 1.807) is 6.20 Å². The predicted octanol–water partition coefficient (Wildman–Crippen LogP) is 3.35. The Labute approximate surface area is 101 Å². The van der Waals surface area contributed by atoms with Crippen molar-refractivity contribution in [1.29, 1.82) is 0 Å². The number of benzene rings is 1. The smallest absolute Gasteiger partial charge is 0.168 e. The molecule has 0 N–H and O–H groups in total. The second kappa shape index (κ2) is 4.91. The van der Waals surface area contributed by atoms with Crippen LogP contribution < -0.4 is 0 Å². The topological polar surface area (TPSA) is 30.0 Å². The van der Waals surface area contributed by atoms with Gasteiger partial charge in [0, 0.05) is 12.1 Å². The van der Waals surface area contributed by atoms with E-state index in [2.05, 4.69) is 31.0 Å². The van der Waals surface area contributed by atoms with Gasteiger partial charge in [0.2, 0.25) is 0 Å². The van der Waals surface area contributed by atoms with Gasteiger partial charge in [0.25, 0.3) is 0 Å². The molecule has 0 spiro atoms. The summed E-state index contributed by atoms with van der Waals surface area (Å²) < 4.78 is 0. The first-order valence-electron chi connectivity index (χ1n) is 5.69. The molecular formula is C15H15NO. The van der Waals surface area contributed by atoms with Crippen molar-refractivity contribution < 1.29 is 4.79 Å². The summed E-state index contributed by atoms with van der Waals surface area (Å²) in [5.74, 6) is 0.185. The van der Waals surface area contributed by atoms with Crippen LogP contribution in [0.3, 0.4) is 0 Å². The van der Waals surface area contributed by atoms with Gasteiger partial charge < -0.3 is 0 Å². The van der Waals surface area contributed by atoms with Gasteiger partial charge in [-0.15, -0.1) is 0 Å². The zero-order valence-corrected chi connectivity index (χ0v) is 10.1. The fraction of sp³-hybridized carbons (Fsp3) is 0.200. The van der Waals surface area contributed by atoms with E-state index in [9.17, 15) is 4.79 Å². The lowest BCUT2D eigenvalue weighted by molar-refractivity contribution is 0.111. The molecule has 1 aromatic heterocycles. The van der Waals surface area contributed by atoms with E-state index in [1.807, 2.05) is 24.3 Å². The van der Waals surface area contributed by atoms with E-state index < -0.39 is 0 Å². The largest absolute Gasteiger partial charge is 0.296 e. The summed E-state index contributed by atoms with van der Waals surface area (Å²) >= 11 is 0. The molecule has 2 aromatic rings. The van der Waals surface area contributed by atoms with Gasteiger partial charge in [-0.1, -0.05) is 37.3 Å². The fourth-order valence-electron chi connectivity index (χ4n) is 2.13. The highest BCUT2D eigenvalue weighted by atomic mass is 16.1. The average molecular weight is 225 g/mol. The van der Waals surface area contributed by atoms with Crippen molar-refractivity contribution in [3.63, 3.8) is 0 Å².